The third-order valence-electron chi connectivity index (χ3n) is 3.08. The second-order valence-corrected chi connectivity index (χ2v) is 6.21. The van der Waals surface area contributed by atoms with Crippen molar-refractivity contribution in [2.24, 2.45) is 5.92 Å². The first-order valence-electron chi connectivity index (χ1n) is 6.08. The van der Waals surface area contributed by atoms with E-state index < -0.39 is 11.5 Å². The summed E-state index contributed by atoms with van der Waals surface area (Å²) < 4.78 is 0. The van der Waals surface area contributed by atoms with Gasteiger partial charge in [0.15, 0.2) is 0 Å². The molecule has 1 heterocycles. The number of carbonyl (C=O) groups excluding carboxylic acids is 1. The van der Waals surface area contributed by atoms with Crippen molar-refractivity contribution in [3.05, 3.63) is 0 Å². The number of aliphatic carboxylic acids is 1. The molecule has 1 aliphatic rings. The van der Waals surface area contributed by atoms with Crippen molar-refractivity contribution in [2.45, 2.75) is 45.1 Å². The second kappa shape index (κ2) is 6.28. The van der Waals surface area contributed by atoms with Gasteiger partial charge in [-0.1, -0.05) is 13.8 Å². The zero-order chi connectivity index (χ0) is 12.9. The Labute approximate surface area is 107 Å². The molecule has 17 heavy (non-hydrogen) atoms. The highest BCUT2D eigenvalue weighted by Crippen LogP contribution is 2.27. The van der Waals surface area contributed by atoms with Crippen LogP contribution >= 0.6 is 11.8 Å². The van der Waals surface area contributed by atoms with Crippen LogP contribution in [0.1, 0.15) is 39.5 Å². The summed E-state index contributed by atoms with van der Waals surface area (Å²) in [6.45, 7) is 4.11. The first-order valence-corrected chi connectivity index (χ1v) is 7.24. The molecule has 0 atom stereocenters. The van der Waals surface area contributed by atoms with Crippen LogP contribution in [-0.2, 0) is 9.59 Å². The summed E-state index contributed by atoms with van der Waals surface area (Å²) >= 11 is 1.75. The van der Waals surface area contributed by atoms with E-state index >= 15 is 0 Å². The molecular formula is C12H21NO3S. The third-order valence-corrected chi connectivity index (χ3v) is 4.07. The Morgan fingerprint density at radius 3 is 2.41 bits per heavy atom. The van der Waals surface area contributed by atoms with E-state index in [-0.39, 0.29) is 5.91 Å². The molecule has 2 N–H and O–H groups in total. The van der Waals surface area contributed by atoms with Gasteiger partial charge in [0.1, 0.15) is 5.54 Å². The second-order valence-electron chi connectivity index (χ2n) is 4.98. The average molecular weight is 259 g/mol. The summed E-state index contributed by atoms with van der Waals surface area (Å²) in [6.07, 6.45) is 2.27. The van der Waals surface area contributed by atoms with E-state index in [0.717, 1.165) is 17.9 Å². The van der Waals surface area contributed by atoms with Crippen molar-refractivity contribution in [1.82, 2.24) is 5.32 Å². The summed E-state index contributed by atoms with van der Waals surface area (Å²) in [4.78, 5) is 23.1. The van der Waals surface area contributed by atoms with E-state index in [9.17, 15) is 14.7 Å². The lowest BCUT2D eigenvalue weighted by Crippen LogP contribution is -2.56. The van der Waals surface area contributed by atoms with E-state index in [0.29, 0.717) is 25.2 Å². The fourth-order valence-corrected chi connectivity index (χ4v) is 3.05. The van der Waals surface area contributed by atoms with Crippen LogP contribution in [0.15, 0.2) is 0 Å². The molecule has 0 spiro atoms. The molecule has 1 aliphatic heterocycles. The molecule has 0 aliphatic carbocycles. The summed E-state index contributed by atoms with van der Waals surface area (Å²) in [5.74, 6) is 1.04. The Kier molecular flexibility index (Phi) is 5.31. The van der Waals surface area contributed by atoms with E-state index in [1.807, 2.05) is 0 Å². The fraction of sp³-hybridized carbons (Fsp3) is 0.833. The number of thioether (sulfide) groups is 1. The number of nitrogens with one attached hydrogen (secondary N) is 1. The summed E-state index contributed by atoms with van der Waals surface area (Å²) in [7, 11) is 0. The molecule has 1 rings (SSSR count). The van der Waals surface area contributed by atoms with Crippen molar-refractivity contribution >= 4 is 23.6 Å². The van der Waals surface area contributed by atoms with Gasteiger partial charge in [-0.2, -0.15) is 11.8 Å². The molecule has 0 unspecified atom stereocenters. The monoisotopic (exact) mass is 259 g/mol. The third kappa shape index (κ3) is 4.22. The summed E-state index contributed by atoms with van der Waals surface area (Å²) in [5.41, 5.74) is -1.01. The lowest BCUT2D eigenvalue weighted by atomic mass is 9.92. The molecule has 0 aromatic rings. The zero-order valence-corrected chi connectivity index (χ0v) is 11.3. The normalized spacial score (nSPS) is 19.0. The van der Waals surface area contributed by atoms with Crippen molar-refractivity contribution in [3.8, 4) is 0 Å². The molecule has 0 saturated carbocycles. The molecule has 1 saturated heterocycles. The molecule has 0 radical (unpaired) electrons. The topological polar surface area (TPSA) is 66.4 Å². The van der Waals surface area contributed by atoms with Gasteiger partial charge in [0.2, 0.25) is 5.91 Å². The van der Waals surface area contributed by atoms with Crippen LogP contribution in [0.25, 0.3) is 0 Å². The highest BCUT2D eigenvalue weighted by molar-refractivity contribution is 7.99. The SMILES string of the molecule is CC(C)CCC(=O)NC1(C(=O)O)CCSCC1. The molecule has 98 valence electrons. The smallest absolute Gasteiger partial charge is 0.329 e. The van der Waals surface area contributed by atoms with Gasteiger partial charge < -0.3 is 10.4 Å². The number of hydrogen-bond acceptors (Lipinski definition) is 3. The average Bonchev–Trinajstić information content (AvgIpc) is 2.27. The van der Waals surface area contributed by atoms with E-state index in [2.05, 4.69) is 19.2 Å². The number of rotatable bonds is 5. The zero-order valence-electron chi connectivity index (χ0n) is 10.5. The lowest BCUT2D eigenvalue weighted by molar-refractivity contribution is -0.148. The predicted molar refractivity (Wildman–Crippen MR) is 69.1 cm³/mol. The molecule has 5 heteroatoms. The van der Waals surface area contributed by atoms with Gasteiger partial charge in [-0.25, -0.2) is 4.79 Å². The number of carbonyl (C=O) groups is 2. The van der Waals surface area contributed by atoms with Crippen molar-refractivity contribution in [1.29, 1.82) is 0 Å². The van der Waals surface area contributed by atoms with Gasteiger partial charge in [-0.15, -0.1) is 0 Å². The first-order chi connectivity index (χ1) is 7.96. The van der Waals surface area contributed by atoms with Gasteiger partial charge in [0.05, 0.1) is 0 Å². The highest BCUT2D eigenvalue weighted by Gasteiger charge is 2.40. The first kappa shape index (κ1) is 14.4. The van der Waals surface area contributed by atoms with Crippen LogP contribution in [-0.4, -0.2) is 34.0 Å². The standard InChI is InChI=1S/C12H21NO3S/c1-9(2)3-4-10(14)13-12(11(15)16)5-7-17-8-6-12/h9H,3-8H2,1-2H3,(H,13,14)(H,15,16). The summed E-state index contributed by atoms with van der Waals surface area (Å²) in [6, 6.07) is 0. The van der Waals surface area contributed by atoms with Gasteiger partial charge in [-0.3, -0.25) is 4.79 Å². The van der Waals surface area contributed by atoms with Crippen LogP contribution < -0.4 is 5.32 Å². The van der Waals surface area contributed by atoms with Crippen LogP contribution in [0, 0.1) is 5.92 Å². The number of carboxylic acids is 1. The Hall–Kier alpha value is -0.710. The maximum atomic E-state index is 11.7. The molecule has 0 bridgehead atoms. The quantitative estimate of drug-likeness (QED) is 0.791. The number of hydrogen-bond donors (Lipinski definition) is 2. The fourth-order valence-electron chi connectivity index (χ4n) is 1.86. The molecular weight excluding hydrogens is 238 g/mol. The van der Waals surface area contributed by atoms with Crippen LogP contribution in [0.2, 0.25) is 0 Å². The van der Waals surface area contributed by atoms with Crippen LogP contribution in [0.3, 0.4) is 0 Å². The lowest BCUT2D eigenvalue weighted by Gasteiger charge is -2.33. The van der Waals surface area contributed by atoms with Gasteiger partial charge in [-0.05, 0) is 36.7 Å². The van der Waals surface area contributed by atoms with Crippen molar-refractivity contribution in [3.63, 3.8) is 0 Å². The van der Waals surface area contributed by atoms with Crippen LogP contribution in [0.4, 0.5) is 0 Å². The molecule has 1 fully saturated rings. The van der Waals surface area contributed by atoms with Gasteiger partial charge in [0, 0.05) is 6.42 Å². The van der Waals surface area contributed by atoms with E-state index in [1.54, 1.807) is 11.8 Å². The van der Waals surface area contributed by atoms with E-state index in [4.69, 9.17) is 0 Å². The minimum atomic E-state index is -1.01. The predicted octanol–water partition coefficient (Wildman–Crippen LogP) is 1.89. The largest absolute Gasteiger partial charge is 0.480 e. The number of carboxylic acid groups (broad SMARTS) is 1. The molecule has 0 aromatic heterocycles. The highest BCUT2D eigenvalue weighted by atomic mass is 32.2. The van der Waals surface area contributed by atoms with Crippen molar-refractivity contribution < 1.29 is 14.7 Å². The Morgan fingerprint density at radius 2 is 1.94 bits per heavy atom. The Morgan fingerprint density at radius 1 is 1.35 bits per heavy atom. The van der Waals surface area contributed by atoms with E-state index in [1.165, 1.54) is 0 Å². The van der Waals surface area contributed by atoms with Crippen LogP contribution in [0.5, 0.6) is 0 Å². The number of amides is 1. The summed E-state index contributed by atoms with van der Waals surface area (Å²) in [5, 5.41) is 12.0. The van der Waals surface area contributed by atoms with Crippen molar-refractivity contribution in [2.75, 3.05) is 11.5 Å². The molecule has 1 amide bonds. The molecule has 0 aromatic carbocycles. The Balaban J connectivity index is 2.54. The Bertz CT molecular complexity index is 285. The minimum Gasteiger partial charge on any atom is -0.480 e. The van der Waals surface area contributed by atoms with Gasteiger partial charge in [0.25, 0.3) is 0 Å². The minimum absolute atomic E-state index is 0.131. The van der Waals surface area contributed by atoms with Gasteiger partial charge >= 0.3 is 5.97 Å². The molecule has 4 nitrogen and oxygen atoms in total. The maximum Gasteiger partial charge on any atom is 0.329 e. The maximum absolute atomic E-state index is 11.7.